The number of amides is 3. The number of hydrogen-bond donors (Lipinski definition) is 3. The fourth-order valence-electron chi connectivity index (χ4n) is 2.26. The van der Waals surface area contributed by atoms with Crippen molar-refractivity contribution < 1.29 is 14.4 Å². The molecule has 3 rings (SSSR count). The van der Waals surface area contributed by atoms with Gasteiger partial charge < -0.3 is 16.0 Å². The molecule has 0 unspecified atom stereocenters. The number of ketones is 1. The Morgan fingerprint density at radius 3 is 2.19 bits per heavy atom. The summed E-state index contributed by atoms with van der Waals surface area (Å²) in [6.07, 6.45) is 2.28. The summed E-state index contributed by atoms with van der Waals surface area (Å²) in [6, 6.07) is 10.2. The lowest BCUT2D eigenvalue weighted by molar-refractivity contribution is -0.116. The van der Waals surface area contributed by atoms with Gasteiger partial charge in [-0.3, -0.25) is 9.59 Å². The molecule has 0 saturated heterocycles. The van der Waals surface area contributed by atoms with Crippen molar-refractivity contribution in [1.29, 1.82) is 0 Å². The number of anilines is 2. The lowest BCUT2D eigenvalue weighted by atomic mass is 10.2. The Kier molecular flexibility index (Phi) is 5.90. The fraction of sp³-hybridized carbons (Fsp3) is 0.278. The van der Waals surface area contributed by atoms with Gasteiger partial charge in [0.25, 0.3) is 0 Å². The van der Waals surface area contributed by atoms with Gasteiger partial charge >= 0.3 is 6.03 Å². The van der Waals surface area contributed by atoms with Crippen molar-refractivity contribution in [3.8, 4) is 0 Å². The molecule has 0 aliphatic heterocycles. The highest BCUT2D eigenvalue weighted by molar-refractivity contribution is 7.18. The second-order valence-electron chi connectivity index (χ2n) is 6.03. The predicted molar refractivity (Wildman–Crippen MR) is 103 cm³/mol. The van der Waals surface area contributed by atoms with Crippen LogP contribution in [0.15, 0.2) is 36.4 Å². The maximum atomic E-state index is 12.0. The van der Waals surface area contributed by atoms with E-state index >= 15 is 0 Å². The first-order valence-electron chi connectivity index (χ1n) is 8.25. The van der Waals surface area contributed by atoms with Crippen LogP contribution in [0.5, 0.6) is 0 Å². The van der Waals surface area contributed by atoms with Crippen molar-refractivity contribution in [1.82, 2.24) is 5.32 Å². The molecule has 1 heterocycles. The van der Waals surface area contributed by atoms with Crippen molar-refractivity contribution >= 4 is 52.0 Å². The van der Waals surface area contributed by atoms with Crippen LogP contribution in [0.25, 0.3) is 0 Å². The van der Waals surface area contributed by atoms with E-state index in [-0.39, 0.29) is 30.6 Å². The van der Waals surface area contributed by atoms with E-state index in [2.05, 4.69) is 16.0 Å². The number of urea groups is 1. The standard InChI is InChI=1S/C18H18ClN3O3S/c19-16-9-8-15(26-16)14(23)7-10-17(24)20-11-1-3-12(4-2-11)21-18(25)22-13-5-6-13/h1-4,8-9,13H,5-7,10H2,(H,20,24)(H2,21,22,25). The van der Waals surface area contributed by atoms with E-state index in [1.54, 1.807) is 36.4 Å². The van der Waals surface area contributed by atoms with Crippen molar-refractivity contribution in [2.24, 2.45) is 0 Å². The quantitative estimate of drug-likeness (QED) is 0.615. The number of thiophene rings is 1. The molecule has 1 aromatic heterocycles. The monoisotopic (exact) mass is 391 g/mol. The minimum Gasteiger partial charge on any atom is -0.335 e. The van der Waals surface area contributed by atoms with Crippen LogP contribution in [0, 0.1) is 0 Å². The number of halogens is 1. The van der Waals surface area contributed by atoms with Gasteiger partial charge in [-0.1, -0.05) is 11.6 Å². The molecule has 3 N–H and O–H groups in total. The van der Waals surface area contributed by atoms with E-state index in [9.17, 15) is 14.4 Å². The molecule has 8 heteroatoms. The Hall–Kier alpha value is -2.38. The van der Waals surface area contributed by atoms with Crippen LogP contribution in [0.1, 0.15) is 35.4 Å². The molecule has 6 nitrogen and oxygen atoms in total. The molecule has 2 aromatic rings. The molecule has 1 fully saturated rings. The molecule has 0 bridgehead atoms. The highest BCUT2D eigenvalue weighted by atomic mass is 35.5. The molecule has 3 amide bonds. The summed E-state index contributed by atoms with van der Waals surface area (Å²) in [6.45, 7) is 0. The molecular formula is C18H18ClN3O3S. The SMILES string of the molecule is O=C(CCC(=O)c1ccc(Cl)s1)Nc1ccc(NC(=O)NC2CC2)cc1. The van der Waals surface area contributed by atoms with Crippen molar-refractivity contribution in [2.45, 2.75) is 31.7 Å². The molecule has 0 spiro atoms. The van der Waals surface area contributed by atoms with E-state index in [1.165, 1.54) is 11.3 Å². The molecule has 26 heavy (non-hydrogen) atoms. The van der Waals surface area contributed by atoms with Crippen LogP contribution in [-0.2, 0) is 4.79 Å². The summed E-state index contributed by atoms with van der Waals surface area (Å²) in [5.41, 5.74) is 1.25. The number of carbonyl (C=O) groups excluding carboxylic acids is 3. The van der Waals surface area contributed by atoms with Crippen molar-refractivity contribution in [3.05, 3.63) is 45.6 Å². The summed E-state index contributed by atoms with van der Waals surface area (Å²) in [5.74, 6) is -0.341. The van der Waals surface area contributed by atoms with Crippen LogP contribution < -0.4 is 16.0 Å². The number of nitrogens with one attached hydrogen (secondary N) is 3. The van der Waals surface area contributed by atoms with Crippen molar-refractivity contribution in [2.75, 3.05) is 10.6 Å². The average Bonchev–Trinajstić information content (AvgIpc) is 3.31. The highest BCUT2D eigenvalue weighted by Gasteiger charge is 2.23. The van der Waals surface area contributed by atoms with Crippen LogP contribution in [0.3, 0.4) is 0 Å². The third-order valence-corrected chi connectivity index (χ3v) is 5.04. The minimum absolute atomic E-state index is 0.0954. The molecule has 0 atom stereocenters. The van der Waals surface area contributed by atoms with E-state index in [1.807, 2.05) is 0 Å². The van der Waals surface area contributed by atoms with Gasteiger partial charge in [-0.15, -0.1) is 11.3 Å². The summed E-state index contributed by atoms with van der Waals surface area (Å²) in [5, 5.41) is 8.30. The Balaban J connectivity index is 1.43. The van der Waals surface area contributed by atoms with E-state index < -0.39 is 0 Å². The first-order chi connectivity index (χ1) is 12.5. The maximum Gasteiger partial charge on any atom is 0.319 e. The second kappa shape index (κ2) is 8.33. The number of Topliss-reactive ketones (excluding diaryl/α,β-unsaturated/α-hetero) is 1. The number of carbonyl (C=O) groups is 3. The maximum absolute atomic E-state index is 12.0. The Morgan fingerprint density at radius 1 is 0.962 bits per heavy atom. The third kappa shape index (κ3) is 5.57. The molecule has 1 aliphatic rings. The van der Waals surface area contributed by atoms with Crippen molar-refractivity contribution in [3.63, 3.8) is 0 Å². The van der Waals surface area contributed by atoms with Gasteiger partial charge in [-0.05, 0) is 49.2 Å². The smallest absolute Gasteiger partial charge is 0.319 e. The molecule has 0 radical (unpaired) electrons. The molecular weight excluding hydrogens is 374 g/mol. The summed E-state index contributed by atoms with van der Waals surface area (Å²) < 4.78 is 0.553. The molecule has 1 aliphatic carbocycles. The van der Waals surface area contributed by atoms with Gasteiger partial charge in [-0.25, -0.2) is 4.79 Å². The van der Waals surface area contributed by atoms with E-state index in [0.717, 1.165) is 12.8 Å². The van der Waals surface area contributed by atoms with Crippen LogP contribution >= 0.6 is 22.9 Å². The largest absolute Gasteiger partial charge is 0.335 e. The number of rotatable bonds is 7. The van der Waals surface area contributed by atoms with Gasteiger partial charge in [0.1, 0.15) is 0 Å². The highest BCUT2D eigenvalue weighted by Crippen LogP contribution is 2.23. The topological polar surface area (TPSA) is 87.3 Å². The van der Waals surface area contributed by atoms with Gasteiger partial charge in [0.15, 0.2) is 5.78 Å². The number of hydrogen-bond acceptors (Lipinski definition) is 4. The summed E-state index contributed by atoms with van der Waals surface area (Å²) in [7, 11) is 0. The zero-order valence-electron chi connectivity index (χ0n) is 13.9. The Morgan fingerprint density at radius 2 is 1.62 bits per heavy atom. The first-order valence-corrected chi connectivity index (χ1v) is 9.45. The minimum atomic E-state index is -0.242. The number of benzene rings is 1. The second-order valence-corrected chi connectivity index (χ2v) is 7.74. The lowest BCUT2D eigenvalue weighted by Crippen LogP contribution is -2.30. The van der Waals surface area contributed by atoms with Crippen LogP contribution in [-0.4, -0.2) is 23.8 Å². The Labute approximate surface area is 159 Å². The normalized spacial score (nSPS) is 13.1. The summed E-state index contributed by atoms with van der Waals surface area (Å²) in [4.78, 5) is 36.2. The fourth-order valence-corrected chi connectivity index (χ4v) is 3.27. The zero-order valence-corrected chi connectivity index (χ0v) is 15.5. The first kappa shape index (κ1) is 18.4. The van der Waals surface area contributed by atoms with Gasteiger partial charge in [0.05, 0.1) is 9.21 Å². The van der Waals surface area contributed by atoms with Gasteiger partial charge in [-0.2, -0.15) is 0 Å². The predicted octanol–water partition coefficient (Wildman–Crippen LogP) is 4.29. The van der Waals surface area contributed by atoms with Crippen LogP contribution in [0.2, 0.25) is 4.34 Å². The molecule has 136 valence electrons. The molecule has 1 saturated carbocycles. The zero-order chi connectivity index (χ0) is 18.5. The average molecular weight is 392 g/mol. The van der Waals surface area contributed by atoms with E-state index in [0.29, 0.717) is 26.6 Å². The lowest BCUT2D eigenvalue weighted by Gasteiger charge is -2.08. The van der Waals surface area contributed by atoms with E-state index in [4.69, 9.17) is 11.6 Å². The Bertz CT molecular complexity index is 815. The third-order valence-electron chi connectivity index (χ3n) is 3.77. The van der Waals surface area contributed by atoms with Crippen LogP contribution in [0.4, 0.5) is 16.2 Å². The van der Waals surface area contributed by atoms with Gasteiger partial charge in [0.2, 0.25) is 5.91 Å². The molecule has 1 aromatic carbocycles. The van der Waals surface area contributed by atoms with Gasteiger partial charge in [0, 0.05) is 30.3 Å². The summed E-state index contributed by atoms with van der Waals surface area (Å²) >= 11 is 7.01.